The Balaban J connectivity index is 0.00000288. The van der Waals surface area contributed by atoms with E-state index in [1.54, 1.807) is 11.8 Å². The highest BCUT2D eigenvalue weighted by Crippen LogP contribution is 2.24. The molecule has 6 heteroatoms. The van der Waals surface area contributed by atoms with Gasteiger partial charge in [0.25, 0.3) is 5.91 Å². The number of hydrogen-bond acceptors (Lipinski definition) is 3. The first-order valence-corrected chi connectivity index (χ1v) is 9.01. The zero-order valence-electron chi connectivity index (χ0n) is 13.3. The molecule has 0 saturated heterocycles. The fraction of sp³-hybridized carbons (Fsp3) is 0.278. The van der Waals surface area contributed by atoms with Gasteiger partial charge < -0.3 is 11.1 Å². The summed E-state index contributed by atoms with van der Waals surface area (Å²) in [6, 6.07) is 15.5. The molecule has 0 radical (unpaired) electrons. The van der Waals surface area contributed by atoms with Gasteiger partial charge in [0, 0.05) is 27.8 Å². The maximum absolute atomic E-state index is 12.0. The van der Waals surface area contributed by atoms with Crippen LogP contribution in [0.1, 0.15) is 28.8 Å². The molecule has 3 N–H and O–H groups in total. The van der Waals surface area contributed by atoms with E-state index >= 15 is 0 Å². The Kier molecular flexibility index (Phi) is 9.88. The molecule has 2 rings (SSSR count). The van der Waals surface area contributed by atoms with E-state index in [-0.39, 0.29) is 18.3 Å². The summed E-state index contributed by atoms with van der Waals surface area (Å²) >= 11 is 7.62. The molecule has 0 unspecified atom stereocenters. The van der Waals surface area contributed by atoms with Crippen molar-refractivity contribution in [2.75, 3.05) is 13.1 Å². The molecule has 2 aromatic carbocycles. The minimum Gasteiger partial charge on any atom is -0.352 e. The van der Waals surface area contributed by atoms with Gasteiger partial charge in [0.15, 0.2) is 0 Å². The van der Waals surface area contributed by atoms with Gasteiger partial charge in [-0.05, 0) is 61.3 Å². The Morgan fingerprint density at radius 3 is 2.33 bits per heavy atom. The maximum Gasteiger partial charge on any atom is 0.251 e. The first-order chi connectivity index (χ1) is 11.2. The number of carbonyl (C=O) groups is 1. The van der Waals surface area contributed by atoms with Gasteiger partial charge in [0.2, 0.25) is 0 Å². The molecule has 0 aliphatic heterocycles. The summed E-state index contributed by atoms with van der Waals surface area (Å²) in [6.45, 7) is 1.33. The third-order valence-electron chi connectivity index (χ3n) is 3.35. The van der Waals surface area contributed by atoms with Crippen LogP contribution in [0.2, 0.25) is 5.02 Å². The number of hydrogen-bond donors (Lipinski definition) is 2. The Morgan fingerprint density at radius 1 is 1.04 bits per heavy atom. The van der Waals surface area contributed by atoms with E-state index < -0.39 is 0 Å². The summed E-state index contributed by atoms with van der Waals surface area (Å²) in [5, 5.41) is 3.65. The number of unbranched alkanes of at least 4 members (excludes halogenated alkanes) is 1. The second-order valence-electron chi connectivity index (χ2n) is 5.19. The smallest absolute Gasteiger partial charge is 0.251 e. The molecule has 130 valence electrons. The normalized spacial score (nSPS) is 10.1. The van der Waals surface area contributed by atoms with Gasteiger partial charge in [0.1, 0.15) is 0 Å². The van der Waals surface area contributed by atoms with Crippen LogP contribution in [0.4, 0.5) is 0 Å². The second-order valence-corrected chi connectivity index (χ2v) is 6.68. The van der Waals surface area contributed by atoms with Crippen molar-refractivity contribution in [3.63, 3.8) is 0 Å². The lowest BCUT2D eigenvalue weighted by Gasteiger charge is -2.06. The van der Waals surface area contributed by atoms with Gasteiger partial charge in [-0.15, -0.1) is 24.2 Å². The van der Waals surface area contributed by atoms with Gasteiger partial charge >= 0.3 is 0 Å². The van der Waals surface area contributed by atoms with E-state index in [1.807, 2.05) is 48.5 Å². The van der Waals surface area contributed by atoms with Crippen molar-refractivity contribution in [2.45, 2.75) is 23.5 Å². The van der Waals surface area contributed by atoms with Crippen LogP contribution >= 0.6 is 35.8 Å². The molecule has 1 amide bonds. The second kappa shape index (κ2) is 11.4. The van der Waals surface area contributed by atoms with Crippen molar-refractivity contribution in [3.05, 3.63) is 64.7 Å². The highest BCUT2D eigenvalue weighted by atomic mass is 35.5. The van der Waals surface area contributed by atoms with Crippen LogP contribution in [0.3, 0.4) is 0 Å². The van der Waals surface area contributed by atoms with Gasteiger partial charge in [-0.1, -0.05) is 23.7 Å². The van der Waals surface area contributed by atoms with E-state index in [4.69, 9.17) is 17.3 Å². The number of carbonyl (C=O) groups excluding carboxylic acids is 1. The molecule has 3 nitrogen and oxygen atoms in total. The molecule has 0 aromatic heterocycles. The van der Waals surface area contributed by atoms with E-state index in [9.17, 15) is 4.79 Å². The van der Waals surface area contributed by atoms with Crippen LogP contribution in [0.15, 0.2) is 53.4 Å². The largest absolute Gasteiger partial charge is 0.352 e. The van der Waals surface area contributed by atoms with E-state index in [0.717, 1.165) is 23.6 Å². The van der Waals surface area contributed by atoms with Gasteiger partial charge in [-0.3, -0.25) is 4.79 Å². The van der Waals surface area contributed by atoms with Crippen molar-refractivity contribution in [1.82, 2.24) is 5.32 Å². The zero-order chi connectivity index (χ0) is 16.5. The third kappa shape index (κ3) is 7.14. The first-order valence-electron chi connectivity index (χ1n) is 7.64. The lowest BCUT2D eigenvalue weighted by Crippen LogP contribution is -2.24. The summed E-state index contributed by atoms with van der Waals surface area (Å²) in [7, 11) is 0. The average Bonchev–Trinajstić information content (AvgIpc) is 2.58. The Bertz CT molecular complexity index is 618. The fourth-order valence-electron chi connectivity index (χ4n) is 2.02. The quantitative estimate of drug-likeness (QED) is 0.519. The molecule has 0 aliphatic rings. The zero-order valence-corrected chi connectivity index (χ0v) is 15.7. The number of amides is 1. The minimum absolute atomic E-state index is 0. The molecule has 0 bridgehead atoms. The molecule has 0 spiro atoms. The van der Waals surface area contributed by atoms with E-state index in [2.05, 4.69) is 5.32 Å². The lowest BCUT2D eigenvalue weighted by atomic mass is 10.1. The monoisotopic (exact) mass is 384 g/mol. The number of rotatable bonds is 8. The number of benzene rings is 2. The summed E-state index contributed by atoms with van der Waals surface area (Å²) in [5.74, 6) is 0.832. The SMILES string of the molecule is Cl.NCCCCNC(=O)c1ccc(CSc2ccc(Cl)cc2)cc1. The van der Waals surface area contributed by atoms with Crippen LogP contribution in [-0.4, -0.2) is 19.0 Å². The number of nitrogens with one attached hydrogen (secondary N) is 1. The van der Waals surface area contributed by atoms with Crippen LogP contribution in [0, 0.1) is 0 Å². The predicted molar refractivity (Wildman–Crippen MR) is 105 cm³/mol. The van der Waals surface area contributed by atoms with Crippen LogP contribution in [0.25, 0.3) is 0 Å². The average molecular weight is 385 g/mol. The summed E-state index contributed by atoms with van der Waals surface area (Å²) in [4.78, 5) is 13.1. The fourth-order valence-corrected chi connectivity index (χ4v) is 3.00. The number of nitrogens with two attached hydrogens (primary N) is 1. The Labute approximate surface area is 158 Å². The molecular weight excluding hydrogens is 363 g/mol. The Morgan fingerprint density at radius 2 is 1.71 bits per heavy atom. The lowest BCUT2D eigenvalue weighted by molar-refractivity contribution is 0.0953. The summed E-state index contributed by atoms with van der Waals surface area (Å²) in [6.07, 6.45) is 1.85. The van der Waals surface area contributed by atoms with Crippen LogP contribution in [-0.2, 0) is 5.75 Å². The highest BCUT2D eigenvalue weighted by molar-refractivity contribution is 7.98. The maximum atomic E-state index is 12.0. The summed E-state index contributed by atoms with van der Waals surface area (Å²) < 4.78 is 0. The molecule has 24 heavy (non-hydrogen) atoms. The molecule has 0 atom stereocenters. The van der Waals surface area contributed by atoms with E-state index in [0.29, 0.717) is 18.7 Å². The Hall–Kier alpha value is -1.20. The molecule has 0 saturated carbocycles. The van der Waals surface area contributed by atoms with E-state index in [1.165, 1.54) is 10.5 Å². The van der Waals surface area contributed by atoms with Gasteiger partial charge in [-0.2, -0.15) is 0 Å². The molecule has 0 fully saturated rings. The first kappa shape index (κ1) is 20.8. The minimum atomic E-state index is -0.0288. The third-order valence-corrected chi connectivity index (χ3v) is 4.69. The standard InChI is InChI=1S/C18H21ClN2OS.ClH/c19-16-7-9-17(10-8-16)23-13-14-3-5-15(6-4-14)18(22)21-12-2-1-11-20;/h3-10H,1-2,11-13,20H2,(H,21,22);1H. The van der Waals surface area contributed by atoms with Crippen molar-refractivity contribution >= 4 is 41.7 Å². The van der Waals surface area contributed by atoms with Crippen LogP contribution in [0.5, 0.6) is 0 Å². The van der Waals surface area contributed by atoms with Crippen molar-refractivity contribution in [2.24, 2.45) is 5.73 Å². The van der Waals surface area contributed by atoms with Gasteiger partial charge in [0.05, 0.1) is 0 Å². The molecule has 2 aromatic rings. The molecule has 0 heterocycles. The summed E-state index contributed by atoms with van der Waals surface area (Å²) in [5.41, 5.74) is 7.31. The predicted octanol–water partition coefficient (Wildman–Crippen LogP) is 4.52. The topological polar surface area (TPSA) is 55.1 Å². The number of halogens is 2. The molecule has 0 aliphatic carbocycles. The molecular formula is C18H22Cl2N2OS. The van der Waals surface area contributed by atoms with Crippen molar-refractivity contribution in [3.8, 4) is 0 Å². The highest BCUT2D eigenvalue weighted by Gasteiger charge is 2.04. The van der Waals surface area contributed by atoms with Crippen molar-refractivity contribution in [1.29, 1.82) is 0 Å². The number of thioether (sulfide) groups is 1. The van der Waals surface area contributed by atoms with Gasteiger partial charge in [-0.25, -0.2) is 0 Å². The van der Waals surface area contributed by atoms with Crippen molar-refractivity contribution < 1.29 is 4.79 Å². The van der Waals surface area contributed by atoms with Crippen LogP contribution < -0.4 is 11.1 Å².